The molecule has 0 aliphatic carbocycles. The molecular formula is C17H19NO. The van der Waals surface area contributed by atoms with Crippen molar-refractivity contribution in [1.29, 1.82) is 0 Å². The molecule has 0 fully saturated rings. The van der Waals surface area contributed by atoms with Gasteiger partial charge >= 0.3 is 0 Å². The standard InChI is InChI=1S/C13H9N.C4H10O/c1-3-7-12-10(5-1)9-11-6-2-4-8-13(11)14-12;1-3-5-4-2/h1-9H;3-4H2,1-2H3. The lowest BCUT2D eigenvalue weighted by Gasteiger charge is -1.99. The van der Waals surface area contributed by atoms with Crippen LogP contribution in [0.5, 0.6) is 0 Å². The topological polar surface area (TPSA) is 22.1 Å². The highest BCUT2D eigenvalue weighted by Gasteiger charge is 1.96. The minimum atomic E-state index is 0.844. The highest BCUT2D eigenvalue weighted by atomic mass is 16.5. The molecule has 0 aliphatic heterocycles. The Labute approximate surface area is 114 Å². The fourth-order valence-corrected chi connectivity index (χ4v) is 1.92. The van der Waals surface area contributed by atoms with E-state index in [1.165, 1.54) is 10.8 Å². The Morgan fingerprint density at radius 3 is 1.68 bits per heavy atom. The SMILES string of the molecule is CCOCC.c1ccc2nc3ccccc3cc2c1. The molecule has 3 rings (SSSR count). The summed E-state index contributed by atoms with van der Waals surface area (Å²) in [6.07, 6.45) is 0. The van der Waals surface area contributed by atoms with Crippen molar-refractivity contribution in [2.24, 2.45) is 0 Å². The third-order valence-corrected chi connectivity index (χ3v) is 2.83. The van der Waals surface area contributed by atoms with Crippen molar-refractivity contribution < 1.29 is 4.74 Å². The fraction of sp³-hybridized carbons (Fsp3) is 0.235. The third kappa shape index (κ3) is 3.52. The lowest BCUT2D eigenvalue weighted by molar-refractivity contribution is 0.162. The predicted octanol–water partition coefficient (Wildman–Crippen LogP) is 4.43. The molecule has 0 saturated heterocycles. The van der Waals surface area contributed by atoms with E-state index < -0.39 is 0 Å². The summed E-state index contributed by atoms with van der Waals surface area (Å²) >= 11 is 0. The second-order valence-corrected chi connectivity index (χ2v) is 4.16. The van der Waals surface area contributed by atoms with Crippen LogP contribution in [0.25, 0.3) is 21.8 Å². The minimum Gasteiger partial charge on any atom is -0.382 e. The van der Waals surface area contributed by atoms with Crippen molar-refractivity contribution in [2.75, 3.05) is 13.2 Å². The van der Waals surface area contributed by atoms with E-state index in [1.54, 1.807) is 0 Å². The summed E-state index contributed by atoms with van der Waals surface area (Å²) in [7, 11) is 0. The lowest BCUT2D eigenvalue weighted by Crippen LogP contribution is -1.84. The summed E-state index contributed by atoms with van der Waals surface area (Å²) in [5.41, 5.74) is 2.12. The van der Waals surface area contributed by atoms with Gasteiger partial charge in [-0.25, -0.2) is 4.98 Å². The zero-order valence-corrected chi connectivity index (χ0v) is 11.5. The van der Waals surface area contributed by atoms with Crippen molar-refractivity contribution in [1.82, 2.24) is 4.98 Å². The molecule has 0 unspecified atom stereocenters. The summed E-state index contributed by atoms with van der Waals surface area (Å²) in [5, 5.41) is 2.40. The van der Waals surface area contributed by atoms with Crippen LogP contribution in [0.15, 0.2) is 54.6 Å². The maximum absolute atomic E-state index is 4.83. The molecule has 19 heavy (non-hydrogen) atoms. The molecule has 1 aromatic heterocycles. The summed E-state index contributed by atoms with van der Waals surface area (Å²) in [4.78, 5) is 4.58. The molecule has 2 aromatic carbocycles. The number of pyridine rings is 1. The molecule has 0 amide bonds. The normalized spacial score (nSPS) is 10.2. The third-order valence-electron chi connectivity index (χ3n) is 2.83. The molecule has 0 bridgehead atoms. The second kappa shape index (κ2) is 6.86. The van der Waals surface area contributed by atoms with Crippen LogP contribution in [0.1, 0.15) is 13.8 Å². The molecular weight excluding hydrogens is 234 g/mol. The van der Waals surface area contributed by atoms with E-state index in [9.17, 15) is 0 Å². The fourth-order valence-electron chi connectivity index (χ4n) is 1.92. The Morgan fingerprint density at radius 2 is 1.26 bits per heavy atom. The number of fused-ring (bicyclic) bond motifs is 2. The van der Waals surface area contributed by atoms with Gasteiger partial charge in [0.15, 0.2) is 0 Å². The Kier molecular flexibility index (Phi) is 4.87. The quantitative estimate of drug-likeness (QED) is 0.630. The van der Waals surface area contributed by atoms with Crippen LogP contribution in [-0.4, -0.2) is 18.2 Å². The maximum atomic E-state index is 4.83. The number of ether oxygens (including phenoxy) is 1. The minimum absolute atomic E-state index is 0.844. The molecule has 0 atom stereocenters. The first-order chi connectivity index (χ1) is 9.35. The molecule has 0 N–H and O–H groups in total. The largest absolute Gasteiger partial charge is 0.382 e. The van der Waals surface area contributed by atoms with Gasteiger partial charge in [-0.2, -0.15) is 0 Å². The smallest absolute Gasteiger partial charge is 0.0709 e. The first-order valence-electron chi connectivity index (χ1n) is 6.67. The van der Waals surface area contributed by atoms with Crippen LogP contribution in [0.3, 0.4) is 0 Å². The van der Waals surface area contributed by atoms with Gasteiger partial charge in [-0.1, -0.05) is 36.4 Å². The van der Waals surface area contributed by atoms with Crippen LogP contribution in [0.4, 0.5) is 0 Å². The van der Waals surface area contributed by atoms with Gasteiger partial charge in [-0.05, 0) is 32.0 Å². The first kappa shape index (κ1) is 13.5. The van der Waals surface area contributed by atoms with Crippen molar-refractivity contribution in [3.63, 3.8) is 0 Å². The second-order valence-electron chi connectivity index (χ2n) is 4.16. The van der Waals surface area contributed by atoms with E-state index in [1.807, 2.05) is 50.2 Å². The van der Waals surface area contributed by atoms with Crippen molar-refractivity contribution in [3.05, 3.63) is 54.6 Å². The molecule has 2 nitrogen and oxygen atoms in total. The van der Waals surface area contributed by atoms with Crippen LogP contribution < -0.4 is 0 Å². The zero-order valence-electron chi connectivity index (χ0n) is 11.5. The van der Waals surface area contributed by atoms with Gasteiger partial charge in [0.05, 0.1) is 11.0 Å². The average molecular weight is 253 g/mol. The number of benzene rings is 2. The molecule has 2 heteroatoms. The number of aromatic nitrogens is 1. The van der Waals surface area contributed by atoms with Gasteiger partial charge in [0.25, 0.3) is 0 Å². The number of hydrogen-bond acceptors (Lipinski definition) is 2. The van der Waals surface area contributed by atoms with Crippen LogP contribution >= 0.6 is 0 Å². The summed E-state index contributed by atoms with van der Waals surface area (Å²) in [6.45, 7) is 5.67. The monoisotopic (exact) mass is 253 g/mol. The van der Waals surface area contributed by atoms with Crippen molar-refractivity contribution in [3.8, 4) is 0 Å². The molecule has 3 aromatic rings. The Morgan fingerprint density at radius 1 is 0.789 bits per heavy atom. The molecule has 0 aliphatic rings. The van der Waals surface area contributed by atoms with E-state index in [0.29, 0.717) is 0 Å². The average Bonchev–Trinajstić information content (AvgIpc) is 2.46. The number of hydrogen-bond donors (Lipinski definition) is 0. The first-order valence-corrected chi connectivity index (χ1v) is 6.67. The van der Waals surface area contributed by atoms with Crippen LogP contribution in [0.2, 0.25) is 0 Å². The molecule has 98 valence electrons. The summed E-state index contributed by atoms with van der Waals surface area (Å²) < 4.78 is 4.83. The molecule has 1 heterocycles. The van der Waals surface area contributed by atoms with E-state index in [4.69, 9.17) is 4.74 Å². The van der Waals surface area contributed by atoms with E-state index in [0.717, 1.165) is 24.2 Å². The van der Waals surface area contributed by atoms with Crippen LogP contribution in [0, 0.1) is 0 Å². The van der Waals surface area contributed by atoms with E-state index in [2.05, 4.69) is 23.2 Å². The summed E-state index contributed by atoms with van der Waals surface area (Å²) in [6, 6.07) is 18.6. The molecule has 0 saturated carbocycles. The van der Waals surface area contributed by atoms with Crippen LogP contribution in [-0.2, 0) is 4.74 Å². The van der Waals surface area contributed by atoms with Gasteiger partial charge < -0.3 is 4.74 Å². The predicted molar refractivity (Wildman–Crippen MR) is 81.4 cm³/mol. The maximum Gasteiger partial charge on any atom is 0.0709 e. The summed E-state index contributed by atoms with van der Waals surface area (Å²) in [5.74, 6) is 0. The Balaban J connectivity index is 0.000000232. The Bertz CT molecular complexity index is 542. The molecule has 0 radical (unpaired) electrons. The lowest BCUT2D eigenvalue weighted by atomic mass is 10.1. The highest BCUT2D eigenvalue weighted by molar-refractivity contribution is 5.92. The number of rotatable bonds is 2. The van der Waals surface area contributed by atoms with Gasteiger partial charge in [0.1, 0.15) is 0 Å². The van der Waals surface area contributed by atoms with Gasteiger partial charge in [0, 0.05) is 24.0 Å². The number of nitrogens with zero attached hydrogens (tertiary/aromatic N) is 1. The van der Waals surface area contributed by atoms with Crippen molar-refractivity contribution in [2.45, 2.75) is 13.8 Å². The highest BCUT2D eigenvalue weighted by Crippen LogP contribution is 2.18. The number of para-hydroxylation sites is 2. The zero-order chi connectivity index (χ0) is 13.5. The van der Waals surface area contributed by atoms with E-state index >= 15 is 0 Å². The van der Waals surface area contributed by atoms with Crippen molar-refractivity contribution >= 4 is 21.8 Å². The van der Waals surface area contributed by atoms with Gasteiger partial charge in [-0.3, -0.25) is 0 Å². The Hall–Kier alpha value is -1.93. The van der Waals surface area contributed by atoms with Gasteiger partial charge in [-0.15, -0.1) is 0 Å². The van der Waals surface area contributed by atoms with Gasteiger partial charge in [0.2, 0.25) is 0 Å². The van der Waals surface area contributed by atoms with E-state index in [-0.39, 0.29) is 0 Å². The molecule has 0 spiro atoms.